The van der Waals surface area contributed by atoms with E-state index in [2.05, 4.69) is 19.2 Å². The van der Waals surface area contributed by atoms with E-state index in [1.807, 2.05) is 0 Å². The van der Waals surface area contributed by atoms with Gasteiger partial charge in [0, 0.05) is 5.69 Å². The number of amides is 2. The molecule has 3 rings (SSSR count). The number of benzene rings is 3. The molecule has 0 saturated carbocycles. The Morgan fingerprint density at radius 2 is 0.903 bits per heavy atom. The van der Waals surface area contributed by atoms with E-state index in [9.17, 15) is 45.5 Å². The second-order valence-electron chi connectivity index (χ2n) is 15.7. The number of carbonyl (C=O) groups is 4. The van der Waals surface area contributed by atoms with Crippen molar-refractivity contribution in [2.45, 2.75) is 155 Å². The molecule has 0 saturated heterocycles. The molecule has 0 heterocycles. The Labute approximate surface area is 361 Å². The molecule has 0 aliphatic rings. The molecule has 3 N–H and O–H groups in total. The second kappa shape index (κ2) is 26.6. The van der Waals surface area contributed by atoms with Gasteiger partial charge in [-0.25, -0.2) is 9.59 Å². The predicted octanol–water partition coefficient (Wildman–Crippen LogP) is 13.9. The third-order valence-electron chi connectivity index (χ3n) is 10.7. The third-order valence-corrected chi connectivity index (χ3v) is 10.7. The first-order chi connectivity index (χ1) is 29.6. The Morgan fingerprint density at radius 3 is 1.35 bits per heavy atom. The summed E-state index contributed by atoms with van der Waals surface area (Å²) in [6, 6.07) is 7.90. The molecule has 2 amide bonds. The summed E-state index contributed by atoms with van der Waals surface area (Å²) in [5, 5.41) is 2.27. The van der Waals surface area contributed by atoms with Gasteiger partial charge < -0.3 is 20.5 Å². The van der Waals surface area contributed by atoms with Crippen molar-refractivity contribution in [2.24, 2.45) is 5.73 Å². The number of alkyl halides is 6. The number of primary amides is 1. The minimum absolute atomic E-state index is 0.0122. The van der Waals surface area contributed by atoms with Crippen LogP contribution in [0.3, 0.4) is 0 Å². The highest BCUT2D eigenvalue weighted by Crippen LogP contribution is 2.43. The Morgan fingerprint density at radius 1 is 0.500 bits per heavy atom. The molecule has 0 unspecified atom stereocenters. The molecule has 3 aromatic rings. The molecular weight excluding hydrogens is 815 g/mol. The summed E-state index contributed by atoms with van der Waals surface area (Å²) in [7, 11) is 0. The van der Waals surface area contributed by atoms with Crippen molar-refractivity contribution in [3.05, 3.63) is 88.0 Å². The van der Waals surface area contributed by atoms with Gasteiger partial charge in [-0.2, -0.15) is 26.3 Å². The number of hydrogen-bond acceptors (Lipinski definition) is 6. The molecule has 0 radical (unpaired) electrons. The predicted molar refractivity (Wildman–Crippen MR) is 229 cm³/mol. The highest BCUT2D eigenvalue weighted by atomic mass is 19.4. The molecule has 0 aliphatic heterocycles. The molecule has 0 fully saturated rings. The van der Waals surface area contributed by atoms with Crippen LogP contribution in [0.4, 0.5) is 32.0 Å². The van der Waals surface area contributed by atoms with E-state index in [0.29, 0.717) is 25.0 Å². The fourth-order valence-corrected chi connectivity index (χ4v) is 7.25. The van der Waals surface area contributed by atoms with Crippen LogP contribution in [0.1, 0.15) is 195 Å². The molecule has 0 aromatic heterocycles. The molecule has 0 spiro atoms. The lowest BCUT2D eigenvalue weighted by molar-refractivity contribution is -0.139. The van der Waals surface area contributed by atoms with Gasteiger partial charge >= 0.3 is 24.3 Å². The zero-order valence-electron chi connectivity index (χ0n) is 36.0. The number of ether oxygens (including phenoxy) is 2. The first-order valence-electron chi connectivity index (χ1n) is 22.1. The van der Waals surface area contributed by atoms with Gasteiger partial charge in [-0.15, -0.1) is 0 Å². The monoisotopic (exact) mass is 876 g/mol. The van der Waals surface area contributed by atoms with Crippen LogP contribution in [0.5, 0.6) is 0 Å². The van der Waals surface area contributed by atoms with Crippen molar-refractivity contribution in [1.82, 2.24) is 0 Å². The van der Waals surface area contributed by atoms with Crippen molar-refractivity contribution < 1.29 is 55.0 Å². The number of nitrogens with two attached hydrogens (primary N) is 1. The van der Waals surface area contributed by atoms with E-state index in [0.717, 1.165) is 101 Å². The summed E-state index contributed by atoms with van der Waals surface area (Å²) in [4.78, 5) is 53.4. The quantitative estimate of drug-likeness (QED) is 0.0425. The first kappa shape index (κ1) is 51.5. The molecule has 14 heteroatoms. The number of hydrogen-bond donors (Lipinski definition) is 2. The summed E-state index contributed by atoms with van der Waals surface area (Å²) in [6.45, 7) is 4.28. The zero-order valence-corrected chi connectivity index (χ0v) is 36.0. The minimum atomic E-state index is -5.16. The average Bonchev–Trinajstić information content (AvgIpc) is 3.23. The van der Waals surface area contributed by atoms with Crippen LogP contribution in [-0.4, -0.2) is 37.0 Å². The summed E-state index contributed by atoms with van der Waals surface area (Å²) >= 11 is 0. The summed E-state index contributed by atoms with van der Waals surface area (Å²) < 4.78 is 95.7. The van der Waals surface area contributed by atoms with Gasteiger partial charge in [0.05, 0.1) is 46.6 Å². The number of unbranched alkanes of at least 4 members (excludes halogenated alkanes) is 18. The smallest absolute Gasteiger partial charge is 0.417 e. The Kier molecular flexibility index (Phi) is 22.1. The van der Waals surface area contributed by atoms with Gasteiger partial charge in [0.1, 0.15) is 0 Å². The Bertz CT molecular complexity index is 1890. The molecule has 0 atom stereocenters. The van der Waals surface area contributed by atoms with E-state index in [1.165, 1.54) is 57.4 Å². The molecule has 3 aromatic carbocycles. The SMILES string of the molecule is CCCCCCCCCCCCOC(=O)c1cc(C(=O)Nc2ccc(-c3ccccc3C(F)(F)F)c(C(F)(F)F)c2)c(C(=O)OCCCCCCCCCCCC)cc1C(N)=O. The molecule has 342 valence electrons. The van der Waals surface area contributed by atoms with Crippen LogP contribution in [0.2, 0.25) is 0 Å². The summed E-state index contributed by atoms with van der Waals surface area (Å²) in [6.07, 6.45) is 10.5. The van der Waals surface area contributed by atoms with E-state index >= 15 is 0 Å². The number of halogens is 6. The normalized spacial score (nSPS) is 11.7. The Balaban J connectivity index is 1.85. The summed E-state index contributed by atoms with van der Waals surface area (Å²) in [5.41, 5.74) is -1.02. The molecular formula is C48H62F6N2O6. The van der Waals surface area contributed by atoms with Gasteiger partial charge in [0.2, 0.25) is 5.91 Å². The van der Waals surface area contributed by atoms with E-state index in [4.69, 9.17) is 15.2 Å². The average molecular weight is 877 g/mol. The zero-order chi connectivity index (χ0) is 45.5. The van der Waals surface area contributed by atoms with Crippen LogP contribution in [-0.2, 0) is 21.8 Å². The maximum atomic E-state index is 14.4. The number of nitrogens with one attached hydrogen (secondary N) is 1. The highest BCUT2D eigenvalue weighted by molar-refractivity contribution is 6.15. The molecule has 62 heavy (non-hydrogen) atoms. The van der Waals surface area contributed by atoms with Crippen molar-refractivity contribution in [1.29, 1.82) is 0 Å². The van der Waals surface area contributed by atoms with E-state index < -0.39 is 86.3 Å². The number of anilines is 1. The van der Waals surface area contributed by atoms with Crippen LogP contribution in [0.15, 0.2) is 54.6 Å². The fourth-order valence-electron chi connectivity index (χ4n) is 7.25. The molecule has 0 aliphatic carbocycles. The van der Waals surface area contributed by atoms with Crippen LogP contribution >= 0.6 is 0 Å². The highest BCUT2D eigenvalue weighted by Gasteiger charge is 2.38. The Hall–Kier alpha value is -4.88. The summed E-state index contributed by atoms with van der Waals surface area (Å²) in [5.74, 6) is -4.35. The first-order valence-corrected chi connectivity index (χ1v) is 22.1. The van der Waals surface area contributed by atoms with Crippen molar-refractivity contribution in [2.75, 3.05) is 18.5 Å². The largest absolute Gasteiger partial charge is 0.462 e. The van der Waals surface area contributed by atoms with Crippen molar-refractivity contribution in [3.63, 3.8) is 0 Å². The van der Waals surface area contributed by atoms with Crippen molar-refractivity contribution in [3.8, 4) is 11.1 Å². The fraction of sp³-hybridized carbons (Fsp3) is 0.542. The van der Waals surface area contributed by atoms with Gasteiger partial charge in [0.25, 0.3) is 5.91 Å². The maximum Gasteiger partial charge on any atom is 0.417 e. The topological polar surface area (TPSA) is 125 Å². The van der Waals surface area contributed by atoms with Gasteiger partial charge in [-0.3, -0.25) is 9.59 Å². The molecule has 0 bridgehead atoms. The standard InChI is InChI=1S/C48H62F6N2O6/c1-3-5-7-9-11-13-15-17-19-23-29-61-45(59)39-33-38(40(32-37(39)43(55)57)46(60)62-30-24-20-18-16-14-12-10-8-6-4-2)44(58)56-34-27-28-36(42(31-34)48(52,53)54)35-25-21-22-26-41(35)47(49,50)51/h21-22,25-28,31-33H,3-20,23-24,29-30H2,1-2H3,(H2,55,57)(H,56,58). The lowest BCUT2D eigenvalue weighted by Gasteiger charge is -2.19. The minimum Gasteiger partial charge on any atom is -0.462 e. The van der Waals surface area contributed by atoms with Crippen LogP contribution in [0.25, 0.3) is 11.1 Å². The van der Waals surface area contributed by atoms with Gasteiger partial charge in [0.15, 0.2) is 0 Å². The number of carbonyl (C=O) groups excluding carboxylic acids is 4. The number of rotatable bonds is 28. The lowest BCUT2D eigenvalue weighted by Crippen LogP contribution is -2.24. The van der Waals surface area contributed by atoms with E-state index in [-0.39, 0.29) is 13.2 Å². The lowest BCUT2D eigenvalue weighted by atomic mass is 9.94. The van der Waals surface area contributed by atoms with Crippen LogP contribution in [0, 0.1) is 0 Å². The number of esters is 2. The van der Waals surface area contributed by atoms with Gasteiger partial charge in [-0.05, 0) is 54.3 Å². The van der Waals surface area contributed by atoms with Crippen molar-refractivity contribution >= 4 is 29.4 Å². The molecule has 8 nitrogen and oxygen atoms in total. The second-order valence-corrected chi connectivity index (χ2v) is 15.7. The van der Waals surface area contributed by atoms with Gasteiger partial charge in [-0.1, -0.05) is 154 Å². The maximum absolute atomic E-state index is 14.4. The third kappa shape index (κ3) is 17.1. The van der Waals surface area contributed by atoms with E-state index in [1.54, 1.807) is 0 Å². The van der Waals surface area contributed by atoms with Crippen LogP contribution < -0.4 is 11.1 Å².